The number of carbonyl (C=O) groups is 2. The van der Waals surface area contributed by atoms with Gasteiger partial charge in [0, 0.05) is 17.7 Å². The molecule has 0 amide bonds. The van der Waals surface area contributed by atoms with Gasteiger partial charge in [-0.1, -0.05) is 13.3 Å². The number of methoxy groups -OCH3 is 3. The second-order valence-corrected chi connectivity index (χ2v) is 7.46. The Hall–Kier alpha value is -2.96. The summed E-state index contributed by atoms with van der Waals surface area (Å²) in [5.41, 5.74) is 3.34. The molecule has 1 aromatic heterocycles. The molecule has 7 nitrogen and oxygen atoms in total. The minimum Gasteiger partial charge on any atom is -0.493 e. The van der Waals surface area contributed by atoms with Crippen molar-refractivity contribution in [3.8, 4) is 17.2 Å². The maximum atomic E-state index is 13.0. The van der Waals surface area contributed by atoms with Gasteiger partial charge in [-0.2, -0.15) is 0 Å². The van der Waals surface area contributed by atoms with E-state index >= 15 is 0 Å². The fraction of sp³-hybridized carbons (Fsp3) is 0.478. The summed E-state index contributed by atoms with van der Waals surface area (Å²) in [6.45, 7) is 4.21. The Labute approximate surface area is 176 Å². The van der Waals surface area contributed by atoms with Gasteiger partial charge in [0.25, 0.3) is 0 Å². The van der Waals surface area contributed by atoms with E-state index in [2.05, 4.69) is 4.98 Å². The summed E-state index contributed by atoms with van der Waals surface area (Å²) in [6.07, 6.45) is 2.70. The first kappa shape index (κ1) is 21.7. The van der Waals surface area contributed by atoms with E-state index in [1.807, 2.05) is 19.1 Å². The van der Waals surface area contributed by atoms with E-state index in [9.17, 15) is 9.59 Å². The van der Waals surface area contributed by atoms with Crippen LogP contribution in [-0.2, 0) is 11.2 Å². The summed E-state index contributed by atoms with van der Waals surface area (Å²) in [5.74, 6) is 1.14. The summed E-state index contributed by atoms with van der Waals surface area (Å²) in [4.78, 5) is 28.6. The molecular weight excluding hydrogens is 386 g/mol. The lowest BCUT2D eigenvalue weighted by atomic mass is 9.81. The van der Waals surface area contributed by atoms with E-state index < -0.39 is 5.97 Å². The number of rotatable bonds is 8. The number of ether oxygens (including phenoxy) is 4. The predicted octanol–water partition coefficient (Wildman–Crippen LogP) is 4.22. The summed E-state index contributed by atoms with van der Waals surface area (Å²) in [7, 11) is 4.69. The third-order valence-electron chi connectivity index (χ3n) is 5.58. The molecule has 1 atom stereocenters. The highest BCUT2D eigenvalue weighted by molar-refractivity contribution is 6.03. The third kappa shape index (κ3) is 4.01. The van der Waals surface area contributed by atoms with Crippen LogP contribution in [0.1, 0.15) is 69.8 Å². The first-order valence-electron chi connectivity index (χ1n) is 10.2. The number of benzene rings is 1. The highest BCUT2D eigenvalue weighted by Crippen LogP contribution is 2.43. The van der Waals surface area contributed by atoms with Crippen LogP contribution in [0.5, 0.6) is 17.2 Å². The number of fused-ring (bicyclic) bond motifs is 1. The summed E-state index contributed by atoms with van der Waals surface area (Å²) < 4.78 is 21.6. The molecular formula is C23H29NO6. The van der Waals surface area contributed by atoms with Gasteiger partial charge in [-0.15, -0.1) is 0 Å². The van der Waals surface area contributed by atoms with Crippen molar-refractivity contribution in [2.24, 2.45) is 0 Å². The summed E-state index contributed by atoms with van der Waals surface area (Å²) >= 11 is 0. The molecule has 1 aliphatic rings. The van der Waals surface area contributed by atoms with Crippen LogP contribution in [0.4, 0.5) is 0 Å². The van der Waals surface area contributed by atoms with E-state index in [0.717, 1.165) is 24.1 Å². The highest BCUT2D eigenvalue weighted by Gasteiger charge is 2.33. The molecule has 1 heterocycles. The topological polar surface area (TPSA) is 86.9 Å². The Morgan fingerprint density at radius 2 is 1.77 bits per heavy atom. The predicted molar refractivity (Wildman–Crippen MR) is 112 cm³/mol. The second kappa shape index (κ2) is 9.24. The minimum atomic E-state index is -0.410. The molecule has 0 unspecified atom stereocenters. The van der Waals surface area contributed by atoms with Gasteiger partial charge in [0.2, 0.25) is 5.75 Å². The van der Waals surface area contributed by atoms with Crippen molar-refractivity contribution in [2.45, 2.75) is 45.4 Å². The van der Waals surface area contributed by atoms with Crippen molar-refractivity contribution in [3.05, 3.63) is 40.2 Å². The number of hydrogen-bond donors (Lipinski definition) is 1. The number of nitrogens with one attached hydrogen (secondary N) is 1. The molecule has 7 heteroatoms. The number of Topliss-reactive ketones (excluding diaryl/α,β-unsaturated/α-hetero) is 1. The molecule has 2 aromatic rings. The first-order chi connectivity index (χ1) is 14.4. The number of unbranched alkanes of at least 4 members (excludes halogenated alkanes) is 1. The smallest absolute Gasteiger partial charge is 0.355 e. The van der Waals surface area contributed by atoms with Crippen LogP contribution >= 0.6 is 0 Å². The van der Waals surface area contributed by atoms with Crippen LogP contribution in [0, 0.1) is 6.92 Å². The van der Waals surface area contributed by atoms with Crippen molar-refractivity contribution in [3.63, 3.8) is 0 Å². The van der Waals surface area contributed by atoms with E-state index in [-0.39, 0.29) is 11.7 Å². The maximum absolute atomic E-state index is 13.0. The number of H-pyrrole nitrogens is 1. The van der Waals surface area contributed by atoms with Gasteiger partial charge >= 0.3 is 5.97 Å². The number of hydrogen-bond acceptors (Lipinski definition) is 6. The van der Waals surface area contributed by atoms with Crippen LogP contribution in [0.3, 0.4) is 0 Å². The zero-order chi connectivity index (χ0) is 21.8. The number of carbonyl (C=O) groups excluding carboxylic acids is 2. The molecule has 162 valence electrons. The average molecular weight is 415 g/mol. The van der Waals surface area contributed by atoms with E-state index in [1.165, 1.54) is 0 Å². The lowest BCUT2D eigenvalue weighted by Gasteiger charge is -2.24. The molecule has 1 aliphatic carbocycles. The Bertz CT molecular complexity index is 920. The maximum Gasteiger partial charge on any atom is 0.355 e. The van der Waals surface area contributed by atoms with Gasteiger partial charge in [-0.3, -0.25) is 4.79 Å². The molecule has 0 bridgehead atoms. The molecule has 0 aliphatic heterocycles. The van der Waals surface area contributed by atoms with Crippen molar-refractivity contribution in [2.75, 3.05) is 27.9 Å². The normalized spacial score (nSPS) is 15.5. The fourth-order valence-electron chi connectivity index (χ4n) is 3.99. The van der Waals surface area contributed by atoms with Gasteiger partial charge in [-0.25, -0.2) is 4.79 Å². The molecule has 1 aromatic carbocycles. The van der Waals surface area contributed by atoms with Crippen LogP contribution in [0.25, 0.3) is 0 Å². The van der Waals surface area contributed by atoms with E-state index in [0.29, 0.717) is 53.5 Å². The number of aromatic nitrogens is 1. The molecule has 3 rings (SSSR count). The Balaban J connectivity index is 1.92. The van der Waals surface area contributed by atoms with Gasteiger partial charge in [0.05, 0.1) is 27.9 Å². The van der Waals surface area contributed by atoms with Gasteiger partial charge in [-0.05, 0) is 48.9 Å². The Morgan fingerprint density at radius 3 is 2.33 bits per heavy atom. The molecule has 0 saturated carbocycles. The number of ketones is 1. The van der Waals surface area contributed by atoms with Crippen molar-refractivity contribution in [1.82, 2.24) is 4.98 Å². The molecule has 1 N–H and O–H groups in total. The second-order valence-electron chi connectivity index (χ2n) is 7.46. The number of esters is 1. The lowest BCUT2D eigenvalue weighted by molar-refractivity contribution is 0.0492. The van der Waals surface area contributed by atoms with Crippen molar-refractivity contribution >= 4 is 11.8 Å². The van der Waals surface area contributed by atoms with Crippen molar-refractivity contribution in [1.29, 1.82) is 0 Å². The van der Waals surface area contributed by atoms with Crippen LogP contribution in [0.2, 0.25) is 0 Å². The fourth-order valence-corrected chi connectivity index (χ4v) is 3.99. The van der Waals surface area contributed by atoms with E-state index in [4.69, 9.17) is 18.9 Å². The van der Waals surface area contributed by atoms with Gasteiger partial charge in [0.1, 0.15) is 5.69 Å². The zero-order valence-corrected chi connectivity index (χ0v) is 18.2. The lowest BCUT2D eigenvalue weighted by Crippen LogP contribution is -2.19. The standard InChI is InChI=1S/C23H29NO6/c1-6-7-8-30-23(26)21-13(2)20-16(24-21)9-14(10-17(20)25)15-11-18(27-3)22(29-5)19(12-15)28-4/h11-12,14,24H,6-10H2,1-5H3/t14-/m0/s1. The first-order valence-corrected chi connectivity index (χ1v) is 10.2. The summed E-state index contributed by atoms with van der Waals surface area (Å²) in [6, 6.07) is 3.75. The zero-order valence-electron chi connectivity index (χ0n) is 18.2. The Morgan fingerprint density at radius 1 is 1.10 bits per heavy atom. The monoisotopic (exact) mass is 415 g/mol. The largest absolute Gasteiger partial charge is 0.493 e. The molecule has 30 heavy (non-hydrogen) atoms. The molecule has 0 radical (unpaired) electrons. The van der Waals surface area contributed by atoms with Gasteiger partial charge < -0.3 is 23.9 Å². The van der Waals surface area contributed by atoms with Crippen LogP contribution < -0.4 is 14.2 Å². The Kier molecular flexibility index (Phi) is 6.70. The average Bonchev–Trinajstić information content (AvgIpc) is 3.09. The minimum absolute atomic E-state index is 0.0105. The quantitative estimate of drug-likeness (QED) is 0.513. The molecule has 0 saturated heterocycles. The SMILES string of the molecule is CCCCOC(=O)c1[nH]c2c(c1C)C(=O)C[C@@H](c1cc(OC)c(OC)c(OC)c1)C2. The van der Waals surface area contributed by atoms with Crippen LogP contribution in [0.15, 0.2) is 12.1 Å². The molecule has 0 spiro atoms. The third-order valence-corrected chi connectivity index (χ3v) is 5.58. The molecule has 0 fully saturated rings. The highest BCUT2D eigenvalue weighted by atomic mass is 16.5. The van der Waals surface area contributed by atoms with Crippen LogP contribution in [-0.4, -0.2) is 44.7 Å². The van der Waals surface area contributed by atoms with E-state index in [1.54, 1.807) is 28.3 Å². The van der Waals surface area contributed by atoms with Crippen molar-refractivity contribution < 1.29 is 28.5 Å². The van der Waals surface area contributed by atoms with Gasteiger partial charge in [0.15, 0.2) is 17.3 Å². The number of aromatic amines is 1. The summed E-state index contributed by atoms with van der Waals surface area (Å²) in [5, 5.41) is 0.